The molecule has 1 saturated heterocycles. The van der Waals surface area contributed by atoms with Gasteiger partial charge >= 0.3 is 0 Å². The van der Waals surface area contributed by atoms with E-state index in [1.807, 2.05) is 0 Å². The average molecular weight is 399 g/mol. The minimum atomic E-state index is -0.459. The highest BCUT2D eigenvalue weighted by Crippen LogP contribution is 2.51. The van der Waals surface area contributed by atoms with Crippen LogP contribution in [0.5, 0.6) is 5.75 Å². The number of rotatable bonds is 1. The van der Waals surface area contributed by atoms with Crippen LogP contribution in [-0.4, -0.2) is 28.7 Å². The highest BCUT2D eigenvalue weighted by molar-refractivity contribution is 6.04. The third-order valence-electron chi connectivity index (χ3n) is 6.68. The van der Waals surface area contributed by atoms with Crippen LogP contribution in [0.15, 0.2) is 71.8 Å². The molecule has 3 aliphatic heterocycles. The Balaban J connectivity index is 1.46. The van der Waals surface area contributed by atoms with Crippen molar-refractivity contribution in [2.24, 2.45) is 5.10 Å². The molecular weight excluding hydrogens is 372 g/mol. The lowest BCUT2D eigenvalue weighted by Gasteiger charge is -2.52. The van der Waals surface area contributed by atoms with Crippen LogP contribution >= 0.6 is 0 Å². The Bertz CT molecular complexity index is 1170. The monoisotopic (exact) mass is 398 g/mol. The van der Waals surface area contributed by atoms with Gasteiger partial charge in [0, 0.05) is 24.8 Å². The van der Waals surface area contributed by atoms with Crippen LogP contribution in [-0.2, 0) is 4.74 Å². The van der Waals surface area contributed by atoms with Gasteiger partial charge in [0.2, 0.25) is 5.72 Å². The van der Waals surface area contributed by atoms with Crippen molar-refractivity contribution < 1.29 is 9.47 Å². The van der Waals surface area contributed by atoms with Crippen molar-refractivity contribution in [1.82, 2.24) is 5.01 Å². The summed E-state index contributed by atoms with van der Waals surface area (Å²) >= 11 is 0. The van der Waals surface area contributed by atoms with Crippen LogP contribution < -0.4 is 4.74 Å². The average Bonchev–Trinajstić information content (AvgIpc) is 3.20. The maximum Gasteiger partial charge on any atom is 0.203 e. The van der Waals surface area contributed by atoms with Crippen molar-refractivity contribution >= 4 is 16.5 Å². The standard InChI is InChI=1S/C26H26N2O2/c1-25(2)17-26(13-14-29-25)28-23(21-9-5-6-10-24(21)30-26)16-22(27-28)20-12-11-18-7-3-4-8-19(18)15-20/h3-12,15,23H,13-14,16-17H2,1-2H3/t23-,26+/m1/s1. The normalized spacial score (nSPS) is 26.8. The Labute approximate surface area is 177 Å². The zero-order valence-corrected chi connectivity index (χ0v) is 17.5. The molecule has 0 radical (unpaired) electrons. The molecule has 152 valence electrons. The van der Waals surface area contributed by atoms with E-state index in [9.17, 15) is 0 Å². The van der Waals surface area contributed by atoms with Crippen LogP contribution in [0.25, 0.3) is 10.8 Å². The molecule has 3 aromatic rings. The molecule has 0 aliphatic carbocycles. The minimum Gasteiger partial charge on any atom is -0.466 e. The molecule has 3 heterocycles. The number of hydrogen-bond acceptors (Lipinski definition) is 4. The van der Waals surface area contributed by atoms with Gasteiger partial charge in [-0.1, -0.05) is 54.6 Å². The van der Waals surface area contributed by atoms with Crippen molar-refractivity contribution in [2.45, 2.75) is 50.5 Å². The largest absolute Gasteiger partial charge is 0.466 e. The first-order chi connectivity index (χ1) is 14.5. The van der Waals surface area contributed by atoms with E-state index in [1.54, 1.807) is 0 Å². The van der Waals surface area contributed by atoms with Crippen molar-refractivity contribution in [1.29, 1.82) is 0 Å². The second-order valence-corrected chi connectivity index (χ2v) is 9.29. The van der Waals surface area contributed by atoms with Crippen LogP contribution in [0, 0.1) is 0 Å². The van der Waals surface area contributed by atoms with Gasteiger partial charge in [0.25, 0.3) is 0 Å². The fourth-order valence-electron chi connectivity index (χ4n) is 5.35. The van der Waals surface area contributed by atoms with E-state index >= 15 is 0 Å². The molecule has 4 heteroatoms. The molecule has 0 bridgehead atoms. The number of benzene rings is 3. The molecule has 30 heavy (non-hydrogen) atoms. The smallest absolute Gasteiger partial charge is 0.203 e. The Morgan fingerprint density at radius 2 is 1.77 bits per heavy atom. The molecule has 3 aromatic carbocycles. The summed E-state index contributed by atoms with van der Waals surface area (Å²) in [6.07, 6.45) is 2.50. The van der Waals surface area contributed by atoms with Crippen LogP contribution in [0.1, 0.15) is 50.3 Å². The first-order valence-corrected chi connectivity index (χ1v) is 10.8. The van der Waals surface area contributed by atoms with Crippen LogP contribution in [0.4, 0.5) is 0 Å². The van der Waals surface area contributed by atoms with Gasteiger partial charge in [0.05, 0.1) is 24.0 Å². The van der Waals surface area contributed by atoms with Gasteiger partial charge in [0.1, 0.15) is 5.75 Å². The van der Waals surface area contributed by atoms with Gasteiger partial charge < -0.3 is 9.47 Å². The summed E-state index contributed by atoms with van der Waals surface area (Å²) in [5.74, 6) is 0.992. The van der Waals surface area contributed by atoms with Gasteiger partial charge in [-0.25, -0.2) is 5.01 Å². The Morgan fingerprint density at radius 1 is 0.967 bits per heavy atom. The van der Waals surface area contributed by atoms with E-state index in [4.69, 9.17) is 14.6 Å². The number of hydrogen-bond donors (Lipinski definition) is 0. The first kappa shape index (κ1) is 18.0. The van der Waals surface area contributed by atoms with Crippen LogP contribution in [0.3, 0.4) is 0 Å². The molecular formula is C26H26N2O2. The first-order valence-electron chi connectivity index (χ1n) is 10.8. The Kier molecular flexibility index (Phi) is 3.79. The summed E-state index contributed by atoms with van der Waals surface area (Å²) in [7, 11) is 0. The summed E-state index contributed by atoms with van der Waals surface area (Å²) in [6.45, 7) is 4.98. The fourth-order valence-corrected chi connectivity index (χ4v) is 5.35. The van der Waals surface area contributed by atoms with E-state index in [0.29, 0.717) is 6.61 Å². The predicted octanol–water partition coefficient (Wildman–Crippen LogP) is 5.67. The molecule has 1 spiro atoms. The Hall–Kier alpha value is -2.85. The quantitative estimate of drug-likeness (QED) is 0.530. The maximum atomic E-state index is 6.70. The van der Waals surface area contributed by atoms with Gasteiger partial charge in [0.15, 0.2) is 0 Å². The van der Waals surface area contributed by atoms with Crippen molar-refractivity contribution in [3.05, 3.63) is 77.9 Å². The molecule has 2 atom stereocenters. The van der Waals surface area contributed by atoms with E-state index < -0.39 is 5.72 Å². The number of nitrogens with zero attached hydrogens (tertiary/aromatic N) is 2. The van der Waals surface area contributed by atoms with Gasteiger partial charge in [-0.3, -0.25) is 0 Å². The molecule has 1 fully saturated rings. The zero-order chi connectivity index (χ0) is 20.3. The summed E-state index contributed by atoms with van der Waals surface area (Å²) < 4.78 is 12.7. The maximum absolute atomic E-state index is 6.70. The highest BCUT2D eigenvalue weighted by Gasteiger charge is 2.54. The molecule has 6 rings (SSSR count). The number of hydrazone groups is 1. The fraction of sp³-hybridized carbons (Fsp3) is 0.346. The molecule has 0 unspecified atom stereocenters. The molecule has 0 aromatic heterocycles. The van der Waals surface area contributed by atoms with Crippen molar-refractivity contribution in [3.8, 4) is 5.75 Å². The number of ether oxygens (including phenoxy) is 2. The lowest BCUT2D eigenvalue weighted by atomic mass is 9.86. The zero-order valence-electron chi connectivity index (χ0n) is 17.5. The summed E-state index contributed by atoms with van der Waals surface area (Å²) in [5.41, 5.74) is 2.86. The summed E-state index contributed by atoms with van der Waals surface area (Å²) in [6, 6.07) is 23.8. The number of para-hydroxylation sites is 1. The highest BCUT2D eigenvalue weighted by atomic mass is 16.5. The predicted molar refractivity (Wildman–Crippen MR) is 119 cm³/mol. The minimum absolute atomic E-state index is 0.199. The Morgan fingerprint density at radius 3 is 2.63 bits per heavy atom. The molecule has 4 nitrogen and oxygen atoms in total. The van der Waals surface area contributed by atoms with Gasteiger partial charge in [-0.15, -0.1) is 0 Å². The lowest BCUT2D eigenvalue weighted by Crippen LogP contribution is -2.60. The van der Waals surface area contributed by atoms with E-state index in [-0.39, 0.29) is 11.6 Å². The molecule has 0 saturated carbocycles. The van der Waals surface area contributed by atoms with Gasteiger partial charge in [-0.2, -0.15) is 5.10 Å². The second-order valence-electron chi connectivity index (χ2n) is 9.29. The second kappa shape index (κ2) is 6.32. The van der Waals surface area contributed by atoms with Crippen molar-refractivity contribution in [2.75, 3.05) is 6.61 Å². The third-order valence-corrected chi connectivity index (χ3v) is 6.68. The SMILES string of the molecule is CC1(C)C[C@]2(CCO1)Oc1ccccc1[C@H]1CC(c3ccc4ccccc4c3)=NN12. The summed E-state index contributed by atoms with van der Waals surface area (Å²) in [5, 5.41) is 9.96. The number of fused-ring (bicyclic) bond motifs is 5. The third kappa shape index (κ3) is 2.74. The topological polar surface area (TPSA) is 34.1 Å². The van der Waals surface area contributed by atoms with E-state index in [0.717, 1.165) is 30.7 Å². The molecule has 3 aliphatic rings. The van der Waals surface area contributed by atoms with E-state index in [2.05, 4.69) is 85.6 Å². The van der Waals surface area contributed by atoms with Gasteiger partial charge in [-0.05, 0) is 42.3 Å². The molecule has 0 N–H and O–H groups in total. The summed E-state index contributed by atoms with van der Waals surface area (Å²) in [4.78, 5) is 0. The van der Waals surface area contributed by atoms with Crippen molar-refractivity contribution in [3.63, 3.8) is 0 Å². The lowest BCUT2D eigenvalue weighted by molar-refractivity contribution is -0.212. The molecule has 0 amide bonds. The van der Waals surface area contributed by atoms with E-state index in [1.165, 1.54) is 21.9 Å². The van der Waals surface area contributed by atoms with Crippen LogP contribution in [0.2, 0.25) is 0 Å².